The number of furan rings is 1. The first-order chi connectivity index (χ1) is 12.1. The lowest BCUT2D eigenvalue weighted by Gasteiger charge is -2.43. The number of carbonyl (C=O) groups excluding carboxylic acids is 2. The standard InChI is InChI=1S/C19H25NO5/c1-12-16(17-14(21)3-2-4-15(17)25-12)18(22)20-13-5-8-24-19(11-13)6-9-23-10-7-19/h13H,2-11H2,1H3,(H,20,22). The summed E-state index contributed by atoms with van der Waals surface area (Å²) in [7, 11) is 0. The number of carbonyl (C=O) groups is 2. The summed E-state index contributed by atoms with van der Waals surface area (Å²) in [5, 5.41) is 3.13. The average molecular weight is 347 g/mol. The van der Waals surface area contributed by atoms with Crippen LogP contribution in [0, 0.1) is 6.92 Å². The quantitative estimate of drug-likeness (QED) is 0.890. The zero-order chi connectivity index (χ0) is 17.4. The van der Waals surface area contributed by atoms with E-state index in [1.165, 1.54) is 0 Å². The van der Waals surface area contributed by atoms with Gasteiger partial charge in [-0.3, -0.25) is 9.59 Å². The highest BCUT2D eigenvalue weighted by Crippen LogP contribution is 2.35. The Kier molecular flexibility index (Phi) is 4.41. The maximum atomic E-state index is 12.9. The summed E-state index contributed by atoms with van der Waals surface area (Å²) in [4.78, 5) is 25.2. The fraction of sp³-hybridized carbons (Fsp3) is 0.684. The van der Waals surface area contributed by atoms with Gasteiger partial charge in [0, 0.05) is 38.7 Å². The Morgan fingerprint density at radius 2 is 2.00 bits per heavy atom. The van der Waals surface area contributed by atoms with E-state index in [1.54, 1.807) is 6.92 Å². The number of ketones is 1. The minimum absolute atomic E-state index is 0.0242. The molecule has 3 heterocycles. The van der Waals surface area contributed by atoms with Gasteiger partial charge in [-0.2, -0.15) is 0 Å². The summed E-state index contributed by atoms with van der Waals surface area (Å²) >= 11 is 0. The molecule has 1 aromatic heterocycles. The molecule has 6 nitrogen and oxygen atoms in total. The molecular weight excluding hydrogens is 322 g/mol. The van der Waals surface area contributed by atoms with E-state index in [1.807, 2.05) is 0 Å². The molecule has 0 radical (unpaired) electrons. The molecule has 4 rings (SSSR count). The third-order valence-corrected chi connectivity index (χ3v) is 5.70. The van der Waals surface area contributed by atoms with Gasteiger partial charge in [0.1, 0.15) is 11.5 Å². The monoisotopic (exact) mass is 347 g/mol. The van der Waals surface area contributed by atoms with Gasteiger partial charge in [-0.25, -0.2) is 0 Å². The number of hydrogen-bond donors (Lipinski definition) is 1. The van der Waals surface area contributed by atoms with Gasteiger partial charge in [-0.1, -0.05) is 0 Å². The van der Waals surface area contributed by atoms with E-state index < -0.39 is 0 Å². The molecule has 1 unspecified atom stereocenters. The molecular formula is C19H25NO5. The van der Waals surface area contributed by atoms with E-state index in [9.17, 15) is 9.59 Å². The fourth-order valence-corrected chi connectivity index (χ4v) is 4.38. The summed E-state index contributed by atoms with van der Waals surface area (Å²) in [6.45, 7) is 3.84. The third kappa shape index (κ3) is 3.13. The van der Waals surface area contributed by atoms with Crippen LogP contribution >= 0.6 is 0 Å². The molecule has 2 fully saturated rings. The smallest absolute Gasteiger partial charge is 0.255 e. The van der Waals surface area contributed by atoms with Crippen LogP contribution in [-0.2, 0) is 15.9 Å². The maximum absolute atomic E-state index is 12.9. The molecule has 136 valence electrons. The molecule has 3 aliphatic rings. The van der Waals surface area contributed by atoms with Crippen molar-refractivity contribution in [2.45, 2.75) is 63.5 Å². The predicted molar refractivity (Wildman–Crippen MR) is 89.9 cm³/mol. The van der Waals surface area contributed by atoms with Gasteiger partial charge >= 0.3 is 0 Å². The summed E-state index contributed by atoms with van der Waals surface area (Å²) in [5.74, 6) is 1.06. The number of amides is 1. The average Bonchev–Trinajstić information content (AvgIpc) is 2.93. The Hall–Kier alpha value is -1.66. The second-order valence-electron chi connectivity index (χ2n) is 7.42. The van der Waals surface area contributed by atoms with Crippen molar-refractivity contribution >= 4 is 11.7 Å². The second-order valence-corrected chi connectivity index (χ2v) is 7.42. The van der Waals surface area contributed by atoms with E-state index >= 15 is 0 Å². The van der Waals surface area contributed by atoms with Crippen LogP contribution in [0.2, 0.25) is 0 Å². The minimum Gasteiger partial charge on any atom is -0.465 e. The van der Waals surface area contributed by atoms with Crippen LogP contribution in [-0.4, -0.2) is 43.2 Å². The number of fused-ring (bicyclic) bond motifs is 1. The molecule has 6 heteroatoms. The third-order valence-electron chi connectivity index (χ3n) is 5.70. The number of Topliss-reactive ketones (excluding diaryl/α,β-unsaturated/α-hetero) is 1. The van der Waals surface area contributed by atoms with E-state index in [4.69, 9.17) is 13.9 Å². The van der Waals surface area contributed by atoms with E-state index in [0.717, 1.165) is 38.5 Å². The first-order valence-electron chi connectivity index (χ1n) is 9.26. The van der Waals surface area contributed by atoms with Crippen molar-refractivity contribution in [1.82, 2.24) is 5.32 Å². The lowest BCUT2D eigenvalue weighted by Crippen LogP contribution is -2.51. The lowest BCUT2D eigenvalue weighted by atomic mass is 9.84. The number of ether oxygens (including phenoxy) is 2. The van der Waals surface area contributed by atoms with Crippen LogP contribution in [0.15, 0.2) is 4.42 Å². The van der Waals surface area contributed by atoms with Crippen molar-refractivity contribution in [3.05, 3.63) is 22.6 Å². The Labute approximate surface area is 147 Å². The normalized spacial score (nSPS) is 25.6. The van der Waals surface area contributed by atoms with Gasteiger partial charge in [0.05, 0.1) is 16.7 Å². The Morgan fingerprint density at radius 1 is 1.20 bits per heavy atom. The number of rotatable bonds is 2. The highest BCUT2D eigenvalue weighted by Gasteiger charge is 2.40. The van der Waals surface area contributed by atoms with Crippen LogP contribution in [0.5, 0.6) is 0 Å². The largest absolute Gasteiger partial charge is 0.465 e. The van der Waals surface area contributed by atoms with Crippen LogP contribution in [0.25, 0.3) is 0 Å². The second kappa shape index (κ2) is 6.57. The molecule has 0 bridgehead atoms. The molecule has 0 saturated carbocycles. The first-order valence-corrected chi connectivity index (χ1v) is 9.26. The summed E-state index contributed by atoms with van der Waals surface area (Å²) in [6.07, 6.45) is 5.36. The van der Waals surface area contributed by atoms with Crippen molar-refractivity contribution in [2.24, 2.45) is 0 Å². The zero-order valence-electron chi connectivity index (χ0n) is 14.7. The molecule has 1 aromatic rings. The van der Waals surface area contributed by atoms with Crippen LogP contribution in [0.1, 0.15) is 70.8 Å². The van der Waals surface area contributed by atoms with E-state index in [-0.39, 0.29) is 23.3 Å². The van der Waals surface area contributed by atoms with Gasteiger partial charge in [0.2, 0.25) is 0 Å². The van der Waals surface area contributed by atoms with Crippen LogP contribution in [0.3, 0.4) is 0 Å². The molecule has 2 saturated heterocycles. The number of hydrogen-bond acceptors (Lipinski definition) is 5. The number of aryl methyl sites for hydroxylation is 2. The van der Waals surface area contributed by atoms with Gasteiger partial charge in [-0.05, 0) is 39.0 Å². The number of nitrogens with one attached hydrogen (secondary N) is 1. The van der Waals surface area contributed by atoms with Gasteiger partial charge in [0.25, 0.3) is 5.91 Å². The van der Waals surface area contributed by atoms with Crippen LogP contribution < -0.4 is 5.32 Å². The Balaban J connectivity index is 1.51. The van der Waals surface area contributed by atoms with Gasteiger partial charge in [-0.15, -0.1) is 0 Å². The molecule has 1 amide bonds. The summed E-state index contributed by atoms with van der Waals surface area (Å²) in [5.41, 5.74) is 0.774. The van der Waals surface area contributed by atoms with Crippen molar-refractivity contribution in [1.29, 1.82) is 0 Å². The molecule has 1 N–H and O–H groups in total. The molecule has 1 atom stereocenters. The lowest BCUT2D eigenvalue weighted by molar-refractivity contribution is -0.139. The van der Waals surface area contributed by atoms with E-state index in [0.29, 0.717) is 48.9 Å². The maximum Gasteiger partial charge on any atom is 0.255 e. The minimum atomic E-state index is -0.188. The molecule has 0 aromatic carbocycles. The Morgan fingerprint density at radius 3 is 2.80 bits per heavy atom. The fourth-order valence-electron chi connectivity index (χ4n) is 4.38. The topological polar surface area (TPSA) is 77.8 Å². The Bertz CT molecular complexity index is 681. The van der Waals surface area contributed by atoms with E-state index in [2.05, 4.69) is 5.32 Å². The van der Waals surface area contributed by atoms with Crippen molar-refractivity contribution in [3.8, 4) is 0 Å². The van der Waals surface area contributed by atoms with Gasteiger partial charge < -0.3 is 19.2 Å². The van der Waals surface area contributed by atoms with Crippen molar-refractivity contribution < 1.29 is 23.5 Å². The zero-order valence-corrected chi connectivity index (χ0v) is 14.7. The molecule has 1 aliphatic carbocycles. The SMILES string of the molecule is Cc1oc2c(c1C(=O)NC1CCOC3(CCOCC3)C1)C(=O)CCC2. The molecule has 25 heavy (non-hydrogen) atoms. The van der Waals surface area contributed by atoms with Crippen LogP contribution in [0.4, 0.5) is 0 Å². The highest BCUT2D eigenvalue weighted by molar-refractivity contribution is 6.10. The van der Waals surface area contributed by atoms with Gasteiger partial charge in [0.15, 0.2) is 5.78 Å². The van der Waals surface area contributed by atoms with Crippen molar-refractivity contribution in [3.63, 3.8) is 0 Å². The predicted octanol–water partition coefficient (Wildman–Crippen LogP) is 2.57. The highest BCUT2D eigenvalue weighted by atomic mass is 16.5. The summed E-state index contributed by atoms with van der Waals surface area (Å²) in [6, 6.07) is 0.0583. The van der Waals surface area contributed by atoms with Crippen molar-refractivity contribution in [2.75, 3.05) is 19.8 Å². The molecule has 1 spiro atoms. The molecule has 2 aliphatic heterocycles. The first kappa shape index (κ1) is 16.8. The summed E-state index contributed by atoms with van der Waals surface area (Å²) < 4.78 is 17.2.